The minimum Gasteiger partial charge on any atom is -0.497 e. The third-order valence-corrected chi connectivity index (χ3v) is 13.6. The summed E-state index contributed by atoms with van der Waals surface area (Å²) in [5.41, 5.74) is 1.33. The highest BCUT2D eigenvalue weighted by molar-refractivity contribution is 5.96. The summed E-state index contributed by atoms with van der Waals surface area (Å²) in [5, 5.41) is 20.1. The number of carbonyl (C=O) groups is 8. The average Bonchev–Trinajstić information content (AvgIpc) is 3.85. The van der Waals surface area contributed by atoms with Crippen LogP contribution in [0.1, 0.15) is 112 Å². The summed E-state index contributed by atoms with van der Waals surface area (Å²) in [6.45, 7) is 15.9. The van der Waals surface area contributed by atoms with Crippen LogP contribution in [0.4, 0.5) is 4.79 Å². The van der Waals surface area contributed by atoms with Gasteiger partial charge in [-0.1, -0.05) is 104 Å². The summed E-state index contributed by atoms with van der Waals surface area (Å²) in [6.07, 6.45) is -4.55. The van der Waals surface area contributed by atoms with E-state index < -0.39 is 120 Å². The Kier molecular flexibility index (Phi) is 22.5. The van der Waals surface area contributed by atoms with E-state index in [9.17, 15) is 43.5 Å². The van der Waals surface area contributed by atoms with Gasteiger partial charge in [0.05, 0.1) is 25.7 Å². The quantitative estimate of drug-likeness (QED) is 0.142. The number of nitrogens with one attached hydrogen (secondary N) is 3. The number of ether oxygens (including phenoxy) is 4. The Morgan fingerprint density at radius 2 is 1.53 bits per heavy atom. The first-order valence-corrected chi connectivity index (χ1v) is 25.6. The number of nitrogens with zero attached hydrogens (tertiary/aromatic N) is 3. The van der Waals surface area contributed by atoms with Gasteiger partial charge >= 0.3 is 18.0 Å². The molecule has 4 rings (SSSR count). The van der Waals surface area contributed by atoms with Gasteiger partial charge in [0.15, 0.2) is 6.10 Å². The second kappa shape index (κ2) is 27.7. The monoisotopic (exact) mass is 1020 g/mol. The van der Waals surface area contributed by atoms with Crippen molar-refractivity contribution in [2.24, 2.45) is 23.7 Å². The van der Waals surface area contributed by atoms with Gasteiger partial charge < -0.3 is 49.8 Å². The summed E-state index contributed by atoms with van der Waals surface area (Å²) in [7, 11) is 4.35. The Bertz CT molecular complexity index is 2190. The molecular formula is C54H80N6O13. The number of amides is 6. The van der Waals surface area contributed by atoms with Crippen molar-refractivity contribution in [2.45, 2.75) is 168 Å². The normalized spacial score (nSPS) is 24.9. The zero-order valence-corrected chi connectivity index (χ0v) is 44.8. The smallest absolute Gasteiger partial charge is 0.410 e. The number of esters is 2. The summed E-state index contributed by atoms with van der Waals surface area (Å²) in [5.74, 6) is -6.17. The molecule has 6 amide bonds. The maximum atomic E-state index is 14.8. The third-order valence-electron chi connectivity index (χ3n) is 13.6. The molecular weight excluding hydrogens is 941 g/mol. The van der Waals surface area contributed by atoms with Gasteiger partial charge in [-0.05, 0) is 79.5 Å². The van der Waals surface area contributed by atoms with Crippen molar-refractivity contribution < 1.29 is 62.4 Å². The fourth-order valence-corrected chi connectivity index (χ4v) is 9.10. The molecule has 2 saturated heterocycles. The number of fused-ring (bicyclic) bond motifs is 1. The summed E-state index contributed by atoms with van der Waals surface area (Å²) < 4.78 is 22.8. The van der Waals surface area contributed by atoms with E-state index in [1.54, 1.807) is 69.3 Å². The molecule has 2 heterocycles. The van der Waals surface area contributed by atoms with Crippen molar-refractivity contribution in [1.82, 2.24) is 30.7 Å². The van der Waals surface area contributed by atoms with E-state index in [-0.39, 0.29) is 50.7 Å². The Morgan fingerprint density at radius 3 is 2.12 bits per heavy atom. The van der Waals surface area contributed by atoms with Gasteiger partial charge in [-0.2, -0.15) is 0 Å². The van der Waals surface area contributed by atoms with Crippen molar-refractivity contribution in [2.75, 3.05) is 27.7 Å². The highest BCUT2D eigenvalue weighted by atomic mass is 16.6. The van der Waals surface area contributed by atoms with Crippen molar-refractivity contribution in [3.8, 4) is 5.75 Å². The Hall–Kier alpha value is -6.24. The molecule has 2 aliphatic heterocycles. The molecule has 73 heavy (non-hydrogen) atoms. The molecule has 0 aromatic heterocycles. The van der Waals surface area contributed by atoms with Crippen LogP contribution in [-0.4, -0.2) is 150 Å². The second-order valence-corrected chi connectivity index (χ2v) is 20.7. The number of benzene rings is 2. The number of hydrogen-bond donors (Lipinski definition) is 4. The maximum Gasteiger partial charge on any atom is 0.410 e. The van der Waals surface area contributed by atoms with E-state index in [2.05, 4.69) is 16.0 Å². The fourth-order valence-electron chi connectivity index (χ4n) is 9.10. The molecule has 2 aromatic carbocycles. The SMILES string of the molecule is CC[C@H](C)[C@H]1NC(=O)[C@@H](NC(=O)[C@@H](CC(C)C)N(C)C(=O)OCc2ccccc2)[C@@H](C)OC(=O)[C@H](Cc2ccc(OC)cc2)N(C)C(=O)[C@@H]2CCCN2C(=O)[C@H](CC(C)C)NC(=O)[C@H](C(C)C)OC(=O)C[C@@H]1O. The lowest BCUT2D eigenvalue weighted by Crippen LogP contribution is -2.61. The zero-order valence-electron chi connectivity index (χ0n) is 44.8. The summed E-state index contributed by atoms with van der Waals surface area (Å²) in [4.78, 5) is 119. The van der Waals surface area contributed by atoms with E-state index in [1.165, 1.54) is 37.9 Å². The van der Waals surface area contributed by atoms with Gasteiger partial charge in [-0.15, -0.1) is 0 Å². The molecule has 0 radical (unpaired) electrons. The van der Waals surface area contributed by atoms with Gasteiger partial charge in [-0.3, -0.25) is 33.7 Å². The van der Waals surface area contributed by atoms with E-state index in [4.69, 9.17) is 18.9 Å². The van der Waals surface area contributed by atoms with Crippen LogP contribution in [0.2, 0.25) is 0 Å². The van der Waals surface area contributed by atoms with Crippen LogP contribution in [-0.2, 0) is 60.8 Å². The standard InChI is InChI=1S/C54H80N6O13/c1-13-34(8)45-43(61)29-44(62)73-47(33(6)7)50(65)55-39(26-31(2)3)51(66)60-25-17-20-40(60)52(67)58(10)42(28-36-21-23-38(70-12)24-22-36)53(68)72-35(9)46(49(64)56-45)57-48(63)41(27-32(4)5)59(11)54(69)71-30-37-18-15-14-16-19-37/h14-16,18-19,21-24,31-35,39-43,45-47,61H,13,17,20,25-30H2,1-12H3,(H,55,65)(H,56,64)(H,57,63)/t34-,35+,39-,40-,41+,42-,43-,45+,46-,47-/m0/s1. The van der Waals surface area contributed by atoms with E-state index in [1.807, 2.05) is 40.7 Å². The van der Waals surface area contributed by atoms with Gasteiger partial charge in [0.25, 0.3) is 5.91 Å². The highest BCUT2D eigenvalue weighted by Gasteiger charge is 2.44. The predicted octanol–water partition coefficient (Wildman–Crippen LogP) is 4.55. The molecule has 0 unspecified atom stereocenters. The highest BCUT2D eigenvalue weighted by Crippen LogP contribution is 2.26. The number of carbonyl (C=O) groups excluding carboxylic acids is 8. The Balaban J connectivity index is 1.84. The predicted molar refractivity (Wildman–Crippen MR) is 271 cm³/mol. The first kappa shape index (κ1) is 59.3. The molecule has 404 valence electrons. The van der Waals surface area contributed by atoms with Crippen LogP contribution in [0.25, 0.3) is 0 Å². The molecule has 0 bridgehead atoms. The molecule has 0 spiro atoms. The number of likely N-dealkylation sites (N-methyl/N-ethyl adjacent to an activating group) is 2. The Morgan fingerprint density at radius 1 is 0.877 bits per heavy atom. The molecule has 2 fully saturated rings. The van der Waals surface area contributed by atoms with Crippen molar-refractivity contribution >= 4 is 47.6 Å². The number of hydrogen-bond acceptors (Lipinski definition) is 13. The summed E-state index contributed by atoms with van der Waals surface area (Å²) in [6, 6.07) is 8.32. The number of aliphatic hydroxyl groups is 1. The molecule has 0 aliphatic carbocycles. The van der Waals surface area contributed by atoms with Crippen molar-refractivity contribution in [1.29, 1.82) is 0 Å². The lowest BCUT2D eigenvalue weighted by molar-refractivity contribution is -0.162. The van der Waals surface area contributed by atoms with Gasteiger partial charge in [0, 0.05) is 27.1 Å². The zero-order chi connectivity index (χ0) is 54.3. The van der Waals surface area contributed by atoms with Crippen LogP contribution in [0, 0.1) is 23.7 Å². The molecule has 2 aromatic rings. The number of aliphatic hydroxyl groups excluding tert-OH is 1. The molecule has 0 saturated carbocycles. The van der Waals surface area contributed by atoms with E-state index >= 15 is 0 Å². The van der Waals surface area contributed by atoms with Gasteiger partial charge in [0.2, 0.25) is 23.6 Å². The third kappa shape index (κ3) is 16.6. The maximum absolute atomic E-state index is 14.8. The Labute approximate surface area is 430 Å². The fraction of sp³-hybridized carbons (Fsp3) is 0.630. The average molecular weight is 1020 g/mol. The topological polar surface area (TPSA) is 240 Å². The first-order chi connectivity index (χ1) is 34.5. The van der Waals surface area contributed by atoms with E-state index in [0.717, 1.165) is 10.5 Å². The molecule has 4 N–H and O–H groups in total. The minimum absolute atomic E-state index is 0.0708. The lowest BCUT2D eigenvalue weighted by Gasteiger charge is -2.35. The minimum atomic E-state index is -1.68. The van der Waals surface area contributed by atoms with Crippen LogP contribution in [0.15, 0.2) is 54.6 Å². The van der Waals surface area contributed by atoms with Crippen molar-refractivity contribution in [3.05, 3.63) is 65.7 Å². The molecule has 19 nitrogen and oxygen atoms in total. The van der Waals surface area contributed by atoms with Crippen LogP contribution in [0.5, 0.6) is 5.75 Å². The van der Waals surface area contributed by atoms with Crippen LogP contribution < -0.4 is 20.7 Å². The van der Waals surface area contributed by atoms with E-state index in [0.29, 0.717) is 24.2 Å². The van der Waals surface area contributed by atoms with Gasteiger partial charge in [0.1, 0.15) is 48.7 Å². The number of cyclic esters (lactones) is 2. The molecule has 19 heteroatoms. The first-order valence-electron chi connectivity index (χ1n) is 25.6. The van der Waals surface area contributed by atoms with Crippen molar-refractivity contribution in [3.63, 3.8) is 0 Å². The molecule has 10 atom stereocenters. The largest absolute Gasteiger partial charge is 0.497 e. The number of methoxy groups -OCH3 is 1. The second-order valence-electron chi connectivity index (χ2n) is 20.7. The van der Waals surface area contributed by atoms with Crippen LogP contribution in [0.3, 0.4) is 0 Å². The van der Waals surface area contributed by atoms with Crippen LogP contribution >= 0.6 is 0 Å². The number of rotatable bonds is 15. The lowest BCUT2D eigenvalue weighted by atomic mass is 9.92. The molecule has 2 aliphatic rings. The summed E-state index contributed by atoms with van der Waals surface area (Å²) >= 11 is 0. The van der Waals surface area contributed by atoms with Gasteiger partial charge in [-0.25, -0.2) is 9.59 Å².